The largest absolute Gasteiger partial charge is 0.351 e. The molecule has 2 N–H and O–H groups in total. The van der Waals surface area contributed by atoms with Crippen LogP contribution in [0.4, 0.5) is 4.39 Å². The number of aromatic amines is 1. The third kappa shape index (κ3) is 2.90. The number of hydrogen-bond donors (Lipinski definition) is 2. The second kappa shape index (κ2) is 5.09. The fourth-order valence-corrected chi connectivity index (χ4v) is 1.64. The Hall–Kier alpha value is -2.37. The molecule has 2 aromatic rings. The van der Waals surface area contributed by atoms with Crippen molar-refractivity contribution in [2.24, 2.45) is 0 Å². The molecule has 1 aromatic carbocycles. The zero-order valence-electron chi connectivity index (χ0n) is 10.7. The van der Waals surface area contributed by atoms with E-state index in [1.54, 1.807) is 26.2 Å². The molecule has 2 rings (SSSR count). The zero-order valence-corrected chi connectivity index (χ0v) is 10.7. The number of halogens is 1. The molecule has 1 heterocycles. The van der Waals surface area contributed by atoms with Crippen molar-refractivity contribution in [3.63, 3.8) is 0 Å². The van der Waals surface area contributed by atoms with Crippen molar-refractivity contribution >= 4 is 22.7 Å². The van der Waals surface area contributed by atoms with Gasteiger partial charge in [-0.1, -0.05) is 0 Å². The molecule has 0 fully saturated rings. The minimum absolute atomic E-state index is 0.0738. The summed E-state index contributed by atoms with van der Waals surface area (Å²) in [6, 6.07) is 5.77. The molecular formula is C13H14FN3O2. The van der Waals surface area contributed by atoms with Crippen LogP contribution in [0.3, 0.4) is 0 Å². The van der Waals surface area contributed by atoms with Crippen molar-refractivity contribution in [2.45, 2.75) is 0 Å². The first-order chi connectivity index (χ1) is 8.97. The van der Waals surface area contributed by atoms with Gasteiger partial charge in [-0.15, -0.1) is 0 Å². The first-order valence-electron chi connectivity index (χ1n) is 5.74. The van der Waals surface area contributed by atoms with Crippen molar-refractivity contribution < 1.29 is 14.0 Å². The molecule has 6 heteroatoms. The predicted molar refractivity (Wildman–Crippen MR) is 69.3 cm³/mol. The third-order valence-corrected chi connectivity index (χ3v) is 2.73. The highest BCUT2D eigenvalue weighted by Gasteiger charge is 2.12. The van der Waals surface area contributed by atoms with E-state index in [4.69, 9.17) is 0 Å². The topological polar surface area (TPSA) is 65.2 Å². The van der Waals surface area contributed by atoms with E-state index in [1.807, 2.05) is 0 Å². The summed E-state index contributed by atoms with van der Waals surface area (Å²) in [6.07, 6.45) is 0. The molecule has 0 atom stereocenters. The molecule has 0 saturated carbocycles. The molecule has 0 radical (unpaired) electrons. The van der Waals surface area contributed by atoms with Gasteiger partial charge in [0.2, 0.25) is 5.91 Å². The van der Waals surface area contributed by atoms with Gasteiger partial charge in [0.15, 0.2) is 0 Å². The van der Waals surface area contributed by atoms with Gasteiger partial charge in [0.1, 0.15) is 11.5 Å². The van der Waals surface area contributed by atoms with E-state index in [2.05, 4.69) is 10.3 Å². The van der Waals surface area contributed by atoms with Crippen LogP contribution < -0.4 is 5.32 Å². The van der Waals surface area contributed by atoms with E-state index in [-0.39, 0.29) is 18.3 Å². The molecule has 0 aliphatic carbocycles. The first kappa shape index (κ1) is 13.1. The fourth-order valence-electron chi connectivity index (χ4n) is 1.64. The SMILES string of the molecule is CN(C)C(=O)CNC(=O)c1cc2cc(F)ccc2[nH]1. The minimum atomic E-state index is -0.396. The van der Waals surface area contributed by atoms with E-state index in [0.717, 1.165) is 0 Å². The summed E-state index contributed by atoms with van der Waals surface area (Å²) in [6.45, 7) is -0.0738. The molecule has 2 amide bonds. The lowest BCUT2D eigenvalue weighted by molar-refractivity contribution is -0.127. The number of H-pyrrole nitrogens is 1. The molecule has 19 heavy (non-hydrogen) atoms. The molecule has 100 valence electrons. The van der Waals surface area contributed by atoms with E-state index in [9.17, 15) is 14.0 Å². The number of carbonyl (C=O) groups excluding carboxylic acids is 2. The average molecular weight is 263 g/mol. The standard InChI is InChI=1S/C13H14FN3O2/c1-17(2)12(18)7-15-13(19)11-6-8-5-9(14)3-4-10(8)16-11/h3-6,16H,7H2,1-2H3,(H,15,19). The van der Waals surface area contributed by atoms with Gasteiger partial charge in [-0.25, -0.2) is 4.39 Å². The van der Waals surface area contributed by atoms with Crippen LogP contribution in [0.2, 0.25) is 0 Å². The van der Waals surface area contributed by atoms with Crippen molar-refractivity contribution in [3.05, 3.63) is 35.8 Å². The number of nitrogens with zero attached hydrogens (tertiary/aromatic N) is 1. The Bertz CT molecular complexity index is 634. The maximum absolute atomic E-state index is 13.0. The molecule has 0 saturated heterocycles. The maximum atomic E-state index is 13.0. The summed E-state index contributed by atoms with van der Waals surface area (Å²) in [5.74, 6) is -0.955. The van der Waals surface area contributed by atoms with Gasteiger partial charge in [-0.2, -0.15) is 0 Å². The molecule has 0 spiro atoms. The Kier molecular flexibility index (Phi) is 3.50. The third-order valence-electron chi connectivity index (χ3n) is 2.73. The number of fused-ring (bicyclic) bond motifs is 1. The number of aromatic nitrogens is 1. The van der Waals surface area contributed by atoms with Crippen LogP contribution in [0.5, 0.6) is 0 Å². The summed E-state index contributed by atoms with van der Waals surface area (Å²) < 4.78 is 13.0. The molecule has 1 aromatic heterocycles. The van der Waals surface area contributed by atoms with E-state index in [1.165, 1.54) is 17.0 Å². The zero-order chi connectivity index (χ0) is 14.0. The summed E-state index contributed by atoms with van der Waals surface area (Å²) in [5.41, 5.74) is 0.970. The quantitative estimate of drug-likeness (QED) is 0.871. The fraction of sp³-hybridized carbons (Fsp3) is 0.231. The van der Waals surface area contributed by atoms with Gasteiger partial charge in [-0.3, -0.25) is 9.59 Å². The molecule has 0 aliphatic heterocycles. The van der Waals surface area contributed by atoms with E-state index >= 15 is 0 Å². The Balaban J connectivity index is 2.11. The number of likely N-dealkylation sites (N-methyl/N-ethyl adjacent to an activating group) is 1. The number of benzene rings is 1. The Labute approximate surface area is 109 Å². The highest BCUT2D eigenvalue weighted by Crippen LogP contribution is 2.16. The van der Waals surface area contributed by atoms with Crippen molar-refractivity contribution in [3.8, 4) is 0 Å². The van der Waals surface area contributed by atoms with Gasteiger partial charge >= 0.3 is 0 Å². The summed E-state index contributed by atoms with van der Waals surface area (Å²) in [4.78, 5) is 27.4. The van der Waals surface area contributed by atoms with Gasteiger partial charge in [0.05, 0.1) is 6.54 Å². The normalized spacial score (nSPS) is 10.5. The van der Waals surface area contributed by atoms with Crippen LogP contribution in [0.15, 0.2) is 24.3 Å². The maximum Gasteiger partial charge on any atom is 0.268 e. The molecule has 0 aliphatic rings. The summed E-state index contributed by atoms with van der Waals surface area (Å²) in [7, 11) is 3.22. The van der Waals surface area contributed by atoms with Crippen LogP contribution >= 0.6 is 0 Å². The number of rotatable bonds is 3. The van der Waals surface area contributed by atoms with Gasteiger partial charge in [-0.05, 0) is 24.3 Å². The van der Waals surface area contributed by atoms with Crippen molar-refractivity contribution in [1.82, 2.24) is 15.2 Å². The molecule has 0 unspecified atom stereocenters. The molecular weight excluding hydrogens is 249 g/mol. The van der Waals surface area contributed by atoms with Crippen LogP contribution in [-0.4, -0.2) is 42.3 Å². The number of hydrogen-bond acceptors (Lipinski definition) is 2. The summed E-state index contributed by atoms with van der Waals surface area (Å²) >= 11 is 0. The second-order valence-corrected chi connectivity index (χ2v) is 4.39. The van der Waals surface area contributed by atoms with Gasteiger partial charge in [0.25, 0.3) is 5.91 Å². The highest BCUT2D eigenvalue weighted by atomic mass is 19.1. The Morgan fingerprint density at radius 2 is 2.05 bits per heavy atom. The highest BCUT2D eigenvalue weighted by molar-refractivity contribution is 5.99. The predicted octanol–water partition coefficient (Wildman–Crippen LogP) is 1.12. The van der Waals surface area contributed by atoms with Crippen LogP contribution in [0.1, 0.15) is 10.5 Å². The Morgan fingerprint density at radius 3 is 2.74 bits per heavy atom. The first-order valence-corrected chi connectivity index (χ1v) is 5.74. The lowest BCUT2D eigenvalue weighted by atomic mass is 10.2. The van der Waals surface area contributed by atoms with Crippen LogP contribution in [0.25, 0.3) is 10.9 Å². The van der Waals surface area contributed by atoms with Gasteiger partial charge in [0, 0.05) is 25.0 Å². The summed E-state index contributed by atoms with van der Waals surface area (Å²) in [5, 5.41) is 3.12. The smallest absolute Gasteiger partial charge is 0.268 e. The average Bonchev–Trinajstić information content (AvgIpc) is 2.78. The lowest BCUT2D eigenvalue weighted by Crippen LogP contribution is -2.36. The van der Waals surface area contributed by atoms with Crippen molar-refractivity contribution in [1.29, 1.82) is 0 Å². The van der Waals surface area contributed by atoms with Crippen LogP contribution in [-0.2, 0) is 4.79 Å². The Morgan fingerprint density at radius 1 is 1.32 bits per heavy atom. The number of amides is 2. The van der Waals surface area contributed by atoms with E-state index < -0.39 is 5.91 Å². The monoisotopic (exact) mass is 263 g/mol. The molecule has 5 nitrogen and oxygen atoms in total. The second-order valence-electron chi connectivity index (χ2n) is 4.39. The number of nitrogens with one attached hydrogen (secondary N) is 2. The minimum Gasteiger partial charge on any atom is -0.351 e. The van der Waals surface area contributed by atoms with Gasteiger partial charge < -0.3 is 15.2 Å². The van der Waals surface area contributed by atoms with Crippen LogP contribution in [0, 0.1) is 5.82 Å². The van der Waals surface area contributed by atoms with Crippen molar-refractivity contribution in [2.75, 3.05) is 20.6 Å². The molecule has 0 bridgehead atoms. The number of carbonyl (C=O) groups is 2. The van der Waals surface area contributed by atoms with E-state index in [0.29, 0.717) is 16.6 Å². The lowest BCUT2D eigenvalue weighted by Gasteiger charge is -2.10.